The summed E-state index contributed by atoms with van der Waals surface area (Å²) in [5.41, 5.74) is 5.57. The first-order valence-corrected chi connectivity index (χ1v) is 11.7. The van der Waals surface area contributed by atoms with Crippen molar-refractivity contribution in [2.45, 2.75) is 23.9 Å². The van der Waals surface area contributed by atoms with Gasteiger partial charge in [0.15, 0.2) is 0 Å². The molecule has 1 aromatic heterocycles. The number of carbonyl (C=O) groups is 1. The third-order valence-electron chi connectivity index (χ3n) is 5.09. The van der Waals surface area contributed by atoms with Gasteiger partial charge in [-0.2, -0.15) is 0 Å². The Balaban J connectivity index is 1.31. The summed E-state index contributed by atoms with van der Waals surface area (Å²) in [7, 11) is 0. The second-order valence-electron chi connectivity index (χ2n) is 7.36. The second kappa shape index (κ2) is 9.01. The van der Waals surface area contributed by atoms with Crippen molar-refractivity contribution in [3.63, 3.8) is 0 Å². The van der Waals surface area contributed by atoms with E-state index in [1.165, 1.54) is 16.8 Å². The summed E-state index contributed by atoms with van der Waals surface area (Å²) in [6, 6.07) is 16.6. The van der Waals surface area contributed by atoms with Gasteiger partial charge in [0.2, 0.25) is 0 Å². The largest absolute Gasteiger partial charge is 0.368 e. The van der Waals surface area contributed by atoms with Crippen LogP contribution in [0.15, 0.2) is 58.3 Å². The van der Waals surface area contributed by atoms with Crippen LogP contribution in [-0.4, -0.2) is 42.0 Å². The number of benzene rings is 2. The van der Waals surface area contributed by atoms with Crippen LogP contribution in [0.2, 0.25) is 0 Å². The number of carbonyl (C=O) groups excluding carboxylic acids is 1. The van der Waals surface area contributed by atoms with Gasteiger partial charge in [-0.05, 0) is 49.2 Å². The van der Waals surface area contributed by atoms with Crippen molar-refractivity contribution in [2.75, 3.05) is 31.1 Å². The Bertz CT molecular complexity index is 976. The van der Waals surface area contributed by atoms with Crippen LogP contribution >= 0.6 is 23.1 Å². The lowest BCUT2D eigenvalue weighted by molar-refractivity contribution is 0.0747. The van der Waals surface area contributed by atoms with Crippen LogP contribution in [0.4, 0.5) is 5.69 Å². The third kappa shape index (κ3) is 5.00. The summed E-state index contributed by atoms with van der Waals surface area (Å²) in [4.78, 5) is 21.7. The fourth-order valence-corrected chi connectivity index (χ4v) is 5.27. The van der Waals surface area contributed by atoms with Crippen LogP contribution in [0, 0.1) is 13.8 Å². The molecule has 1 saturated heterocycles. The van der Waals surface area contributed by atoms with E-state index in [1.807, 2.05) is 24.0 Å². The maximum Gasteiger partial charge on any atom is 0.253 e. The average molecular weight is 424 g/mol. The van der Waals surface area contributed by atoms with Crippen molar-refractivity contribution in [3.05, 3.63) is 76.3 Å². The first kappa shape index (κ1) is 20.0. The van der Waals surface area contributed by atoms with Crippen LogP contribution in [-0.2, 0) is 5.75 Å². The highest BCUT2D eigenvalue weighted by atomic mass is 32.2. The molecule has 1 aliphatic rings. The zero-order chi connectivity index (χ0) is 20.2. The molecule has 0 saturated carbocycles. The van der Waals surface area contributed by atoms with Crippen molar-refractivity contribution in [2.24, 2.45) is 0 Å². The number of thiazole rings is 1. The zero-order valence-electron chi connectivity index (χ0n) is 16.8. The fourth-order valence-electron chi connectivity index (χ4n) is 3.46. The Kier molecular flexibility index (Phi) is 6.21. The van der Waals surface area contributed by atoms with Crippen molar-refractivity contribution in [1.29, 1.82) is 0 Å². The molecule has 6 heteroatoms. The summed E-state index contributed by atoms with van der Waals surface area (Å²) in [6.07, 6.45) is 0. The number of hydrogen-bond donors (Lipinski definition) is 0. The molecule has 1 amide bonds. The van der Waals surface area contributed by atoms with Gasteiger partial charge in [-0.25, -0.2) is 4.98 Å². The number of aryl methyl sites for hydroxylation is 2. The number of thioether (sulfide) groups is 1. The van der Waals surface area contributed by atoms with Crippen molar-refractivity contribution >= 4 is 34.7 Å². The SMILES string of the molecule is Cc1cccc(N2CCN(C(=O)c3ccc(CSc4nc(C)cs4)cc3)CC2)c1. The first-order chi connectivity index (χ1) is 14.1. The van der Waals surface area contributed by atoms with Gasteiger partial charge in [0.25, 0.3) is 5.91 Å². The summed E-state index contributed by atoms with van der Waals surface area (Å²) >= 11 is 3.42. The molecule has 2 heterocycles. The molecule has 4 nitrogen and oxygen atoms in total. The number of nitrogens with zero attached hydrogens (tertiary/aromatic N) is 3. The lowest BCUT2D eigenvalue weighted by atomic mass is 10.1. The van der Waals surface area contributed by atoms with E-state index in [2.05, 4.69) is 58.6 Å². The van der Waals surface area contributed by atoms with Gasteiger partial charge in [-0.1, -0.05) is 36.0 Å². The Labute approximate surface area is 180 Å². The van der Waals surface area contributed by atoms with Crippen molar-refractivity contribution in [1.82, 2.24) is 9.88 Å². The molecule has 0 aliphatic carbocycles. The maximum atomic E-state index is 12.9. The minimum Gasteiger partial charge on any atom is -0.368 e. The monoisotopic (exact) mass is 423 g/mol. The summed E-state index contributed by atoms with van der Waals surface area (Å²) < 4.78 is 1.09. The van der Waals surface area contributed by atoms with Gasteiger partial charge in [0.05, 0.1) is 0 Å². The molecular formula is C23H25N3OS2. The standard InChI is InChI=1S/C23H25N3OS2/c1-17-4-3-5-21(14-17)25-10-12-26(13-11-25)22(27)20-8-6-19(7-9-20)16-29-23-24-18(2)15-28-23/h3-9,14-15H,10-13,16H2,1-2H3. The summed E-state index contributed by atoms with van der Waals surface area (Å²) in [6.45, 7) is 7.39. The molecule has 29 heavy (non-hydrogen) atoms. The topological polar surface area (TPSA) is 36.4 Å². The maximum absolute atomic E-state index is 12.9. The van der Waals surface area contributed by atoms with Crippen molar-refractivity contribution in [3.8, 4) is 0 Å². The van der Waals surface area contributed by atoms with E-state index in [0.717, 1.165) is 47.5 Å². The lowest BCUT2D eigenvalue weighted by Gasteiger charge is -2.36. The van der Waals surface area contributed by atoms with E-state index in [4.69, 9.17) is 0 Å². The number of rotatable bonds is 5. The van der Waals surface area contributed by atoms with Gasteiger partial charge in [0, 0.05) is 54.3 Å². The molecule has 0 bridgehead atoms. The predicted octanol–water partition coefficient (Wildman–Crippen LogP) is 5.01. The molecule has 3 aromatic rings. The Morgan fingerprint density at radius 1 is 1.07 bits per heavy atom. The smallest absolute Gasteiger partial charge is 0.253 e. The molecule has 1 aliphatic heterocycles. The molecule has 0 N–H and O–H groups in total. The number of hydrogen-bond acceptors (Lipinski definition) is 5. The molecule has 0 spiro atoms. The van der Waals surface area contributed by atoms with Gasteiger partial charge >= 0.3 is 0 Å². The van der Waals surface area contributed by atoms with E-state index < -0.39 is 0 Å². The van der Waals surface area contributed by atoms with Gasteiger partial charge in [0.1, 0.15) is 4.34 Å². The van der Waals surface area contributed by atoms with E-state index in [1.54, 1.807) is 23.1 Å². The molecule has 0 unspecified atom stereocenters. The van der Waals surface area contributed by atoms with Gasteiger partial charge < -0.3 is 9.80 Å². The van der Waals surface area contributed by atoms with Crippen LogP contribution in [0.25, 0.3) is 0 Å². The molecule has 1 fully saturated rings. The van der Waals surface area contributed by atoms with E-state index >= 15 is 0 Å². The minimum absolute atomic E-state index is 0.128. The number of anilines is 1. The molecule has 150 valence electrons. The minimum atomic E-state index is 0.128. The fraction of sp³-hybridized carbons (Fsp3) is 0.304. The van der Waals surface area contributed by atoms with Gasteiger partial charge in [-0.15, -0.1) is 11.3 Å². The molecule has 2 aromatic carbocycles. The van der Waals surface area contributed by atoms with Crippen LogP contribution in [0.1, 0.15) is 27.2 Å². The quantitative estimate of drug-likeness (QED) is 0.540. The summed E-state index contributed by atoms with van der Waals surface area (Å²) in [5, 5.41) is 2.07. The number of amides is 1. The van der Waals surface area contributed by atoms with E-state index in [0.29, 0.717) is 0 Å². The molecule has 0 atom stereocenters. The Morgan fingerprint density at radius 3 is 2.48 bits per heavy atom. The van der Waals surface area contributed by atoms with Crippen LogP contribution in [0.5, 0.6) is 0 Å². The highest BCUT2D eigenvalue weighted by molar-refractivity contribution is 8.00. The second-order valence-corrected chi connectivity index (χ2v) is 9.44. The van der Waals surface area contributed by atoms with E-state index in [9.17, 15) is 4.79 Å². The summed E-state index contributed by atoms with van der Waals surface area (Å²) in [5.74, 6) is 1.000. The molecule has 0 radical (unpaired) electrons. The van der Waals surface area contributed by atoms with Gasteiger partial charge in [-0.3, -0.25) is 4.79 Å². The third-order valence-corrected chi connectivity index (χ3v) is 7.30. The van der Waals surface area contributed by atoms with Crippen LogP contribution in [0.3, 0.4) is 0 Å². The number of piperazine rings is 1. The normalized spacial score (nSPS) is 14.3. The van der Waals surface area contributed by atoms with E-state index in [-0.39, 0.29) is 5.91 Å². The molecular weight excluding hydrogens is 398 g/mol. The average Bonchev–Trinajstić information content (AvgIpc) is 3.17. The number of aromatic nitrogens is 1. The zero-order valence-corrected chi connectivity index (χ0v) is 18.4. The molecule has 4 rings (SSSR count). The highest BCUT2D eigenvalue weighted by Gasteiger charge is 2.22. The first-order valence-electron chi connectivity index (χ1n) is 9.83. The predicted molar refractivity (Wildman–Crippen MR) is 122 cm³/mol. The van der Waals surface area contributed by atoms with Crippen LogP contribution < -0.4 is 4.90 Å². The lowest BCUT2D eigenvalue weighted by Crippen LogP contribution is -2.48. The van der Waals surface area contributed by atoms with Crippen molar-refractivity contribution < 1.29 is 4.79 Å². The highest BCUT2D eigenvalue weighted by Crippen LogP contribution is 2.26. The Hall–Kier alpha value is -2.31. The Morgan fingerprint density at radius 2 is 1.83 bits per heavy atom.